The lowest BCUT2D eigenvalue weighted by molar-refractivity contribution is 0.529. The van der Waals surface area contributed by atoms with Gasteiger partial charge in [-0.15, -0.1) is 0 Å². The molecule has 0 bridgehead atoms. The van der Waals surface area contributed by atoms with E-state index in [1.165, 1.54) is 44.1 Å². The molecule has 0 N–H and O–H groups in total. The van der Waals surface area contributed by atoms with E-state index in [2.05, 4.69) is 44.2 Å². The van der Waals surface area contributed by atoms with Crippen LogP contribution < -0.4 is 0 Å². The van der Waals surface area contributed by atoms with E-state index in [1.54, 1.807) is 0 Å². The van der Waals surface area contributed by atoms with Gasteiger partial charge in [-0.1, -0.05) is 69.9 Å². The molecule has 0 radical (unpaired) electrons. The monoisotopic (exact) mass is 224 g/mol. The third-order valence-corrected chi connectivity index (χ3v) is 3.06. The number of unbranched alkanes of at least 4 members (excludes halogenated alkanes) is 2. The van der Waals surface area contributed by atoms with Crippen LogP contribution in [-0.2, 0) is 0 Å². The van der Waals surface area contributed by atoms with Gasteiger partial charge in [0.25, 0.3) is 0 Å². The van der Waals surface area contributed by atoms with Crippen molar-refractivity contribution in [2.75, 3.05) is 0 Å². The Bertz CT molecular complexity index is 243. The van der Waals surface area contributed by atoms with Crippen molar-refractivity contribution in [1.29, 1.82) is 0 Å². The molecule has 0 heterocycles. The molecule has 16 heavy (non-hydrogen) atoms. The van der Waals surface area contributed by atoms with Crippen LogP contribution in [0.4, 0.5) is 4.70 Å². The minimum absolute atomic E-state index is 0. The van der Waals surface area contributed by atoms with E-state index < -0.39 is 0 Å². The zero-order valence-corrected chi connectivity index (χ0v) is 10.6. The molecule has 0 spiro atoms. The quantitative estimate of drug-likeness (QED) is 0.551. The number of rotatable bonds is 7. The molecular weight excluding hydrogens is 199 g/mol. The van der Waals surface area contributed by atoms with Crippen molar-refractivity contribution in [2.45, 2.75) is 58.3 Å². The number of halogens is 1. The molecule has 0 nitrogen and oxygen atoms in total. The first-order valence-corrected chi connectivity index (χ1v) is 6.43. The van der Waals surface area contributed by atoms with Crippen molar-refractivity contribution < 1.29 is 4.70 Å². The smallest absolute Gasteiger partial charge is 0.0162 e. The summed E-state index contributed by atoms with van der Waals surface area (Å²) in [5, 5.41) is 0. The summed E-state index contributed by atoms with van der Waals surface area (Å²) in [6.45, 7) is 4.56. The van der Waals surface area contributed by atoms with Crippen molar-refractivity contribution in [3.8, 4) is 0 Å². The van der Waals surface area contributed by atoms with Gasteiger partial charge in [-0.2, -0.15) is 0 Å². The molecule has 1 heteroatoms. The van der Waals surface area contributed by atoms with Crippen molar-refractivity contribution in [1.82, 2.24) is 0 Å². The molecular formula is C15H25F. The lowest BCUT2D eigenvalue weighted by Crippen LogP contribution is -1.98. The van der Waals surface area contributed by atoms with E-state index in [0.717, 1.165) is 5.92 Å². The molecule has 0 fully saturated rings. The highest BCUT2D eigenvalue weighted by molar-refractivity contribution is 5.19. The predicted octanol–water partition coefficient (Wildman–Crippen LogP) is 5.30. The second kappa shape index (κ2) is 9.38. The largest absolute Gasteiger partial charge is 0.269 e. The molecule has 92 valence electrons. The fourth-order valence-corrected chi connectivity index (χ4v) is 2.19. The first kappa shape index (κ1) is 15.2. The summed E-state index contributed by atoms with van der Waals surface area (Å²) >= 11 is 0. The first-order valence-electron chi connectivity index (χ1n) is 6.43. The van der Waals surface area contributed by atoms with Crippen LogP contribution in [0.2, 0.25) is 0 Å². The van der Waals surface area contributed by atoms with Gasteiger partial charge in [-0.25, -0.2) is 0 Å². The maximum absolute atomic E-state index is 2.29. The molecule has 1 unspecified atom stereocenters. The average Bonchev–Trinajstić information content (AvgIpc) is 2.29. The minimum atomic E-state index is 0. The van der Waals surface area contributed by atoms with Crippen molar-refractivity contribution >= 4 is 0 Å². The summed E-state index contributed by atoms with van der Waals surface area (Å²) in [5.74, 6) is 0.794. The molecule has 1 rings (SSSR count). The Morgan fingerprint density at radius 3 is 2.12 bits per heavy atom. The Morgan fingerprint density at radius 2 is 1.56 bits per heavy atom. The molecule has 0 saturated carbocycles. The average molecular weight is 224 g/mol. The van der Waals surface area contributed by atoms with Crippen LogP contribution >= 0.6 is 0 Å². The lowest BCUT2D eigenvalue weighted by Gasteiger charge is -2.16. The molecule has 1 aromatic rings. The van der Waals surface area contributed by atoms with Gasteiger partial charge in [-0.3, -0.25) is 4.70 Å². The van der Waals surface area contributed by atoms with E-state index in [9.17, 15) is 0 Å². The van der Waals surface area contributed by atoms with E-state index in [1.807, 2.05) is 0 Å². The van der Waals surface area contributed by atoms with Crippen LogP contribution in [0.5, 0.6) is 0 Å². The van der Waals surface area contributed by atoms with E-state index in [4.69, 9.17) is 0 Å². The number of benzene rings is 1. The third-order valence-electron chi connectivity index (χ3n) is 3.06. The zero-order valence-electron chi connectivity index (χ0n) is 10.6. The molecule has 0 aliphatic heterocycles. The molecule has 0 saturated heterocycles. The van der Waals surface area contributed by atoms with Gasteiger partial charge in [-0.05, 0) is 24.3 Å². The SMILES string of the molecule is CCCCCC(CCC)c1ccccc1.F. The Labute approximate surface area is 99.4 Å². The van der Waals surface area contributed by atoms with Crippen molar-refractivity contribution in [2.24, 2.45) is 0 Å². The highest BCUT2D eigenvalue weighted by Gasteiger charge is 2.09. The van der Waals surface area contributed by atoms with Gasteiger partial charge in [0.1, 0.15) is 0 Å². The molecule has 1 aromatic carbocycles. The fraction of sp³-hybridized carbons (Fsp3) is 0.600. The summed E-state index contributed by atoms with van der Waals surface area (Å²) in [7, 11) is 0. The van der Waals surface area contributed by atoms with E-state index >= 15 is 0 Å². The minimum Gasteiger partial charge on any atom is -0.269 e. The first-order chi connectivity index (χ1) is 7.38. The van der Waals surface area contributed by atoms with E-state index in [0.29, 0.717) is 0 Å². The molecule has 0 aliphatic carbocycles. The van der Waals surface area contributed by atoms with Crippen LogP contribution in [-0.4, -0.2) is 0 Å². The van der Waals surface area contributed by atoms with Gasteiger partial charge in [0.05, 0.1) is 0 Å². The second-order valence-electron chi connectivity index (χ2n) is 4.39. The summed E-state index contributed by atoms with van der Waals surface area (Å²) < 4.78 is 0. The highest BCUT2D eigenvalue weighted by Crippen LogP contribution is 2.26. The molecule has 0 aliphatic rings. The Hall–Kier alpha value is -0.850. The van der Waals surface area contributed by atoms with Crippen LogP contribution in [0.15, 0.2) is 30.3 Å². The Balaban J connectivity index is 0.00000225. The molecule has 0 amide bonds. The third kappa shape index (κ3) is 5.29. The molecule has 0 aromatic heterocycles. The number of hydrogen-bond acceptors (Lipinski definition) is 0. The second-order valence-corrected chi connectivity index (χ2v) is 4.39. The Kier molecular flexibility index (Phi) is 8.88. The summed E-state index contributed by atoms with van der Waals surface area (Å²) in [5.41, 5.74) is 1.54. The molecule has 1 atom stereocenters. The maximum atomic E-state index is 2.29. The predicted molar refractivity (Wildman–Crippen MR) is 70.7 cm³/mol. The van der Waals surface area contributed by atoms with Gasteiger partial charge < -0.3 is 0 Å². The van der Waals surface area contributed by atoms with Gasteiger partial charge in [0.15, 0.2) is 0 Å². The summed E-state index contributed by atoms with van der Waals surface area (Å²) in [4.78, 5) is 0. The van der Waals surface area contributed by atoms with Crippen LogP contribution in [0.25, 0.3) is 0 Å². The number of hydrogen-bond donors (Lipinski definition) is 0. The van der Waals surface area contributed by atoms with Gasteiger partial charge >= 0.3 is 0 Å². The Morgan fingerprint density at radius 1 is 0.875 bits per heavy atom. The van der Waals surface area contributed by atoms with Crippen molar-refractivity contribution in [3.05, 3.63) is 35.9 Å². The van der Waals surface area contributed by atoms with E-state index in [-0.39, 0.29) is 4.70 Å². The fourth-order valence-electron chi connectivity index (χ4n) is 2.19. The standard InChI is InChI=1S/C15H24.FH/c1-3-5-7-11-14(10-4-2)15-12-8-6-9-13-15;/h6,8-9,12-14H,3-5,7,10-11H2,1-2H3;1H. The van der Waals surface area contributed by atoms with Crippen LogP contribution in [0.3, 0.4) is 0 Å². The van der Waals surface area contributed by atoms with Crippen molar-refractivity contribution in [3.63, 3.8) is 0 Å². The maximum Gasteiger partial charge on any atom is -0.0162 e. The summed E-state index contributed by atoms with van der Waals surface area (Å²) in [6.07, 6.45) is 8.10. The highest BCUT2D eigenvalue weighted by atomic mass is 19.0. The zero-order chi connectivity index (χ0) is 10.9. The van der Waals surface area contributed by atoms with Gasteiger partial charge in [0, 0.05) is 0 Å². The normalized spacial score (nSPS) is 11.9. The van der Waals surface area contributed by atoms with Gasteiger partial charge in [0.2, 0.25) is 0 Å². The lowest BCUT2D eigenvalue weighted by atomic mass is 9.89. The topological polar surface area (TPSA) is 0 Å². The van der Waals surface area contributed by atoms with Crippen LogP contribution in [0, 0.1) is 0 Å². The summed E-state index contributed by atoms with van der Waals surface area (Å²) in [6, 6.07) is 11.0. The van der Waals surface area contributed by atoms with Crippen LogP contribution in [0.1, 0.15) is 63.9 Å².